The highest BCUT2D eigenvalue weighted by atomic mass is 16.5. The average Bonchev–Trinajstić information content (AvgIpc) is 2.52. The zero-order valence-electron chi connectivity index (χ0n) is 12.6. The van der Waals surface area contributed by atoms with Gasteiger partial charge in [-0.2, -0.15) is 0 Å². The molecule has 6 heteroatoms. The summed E-state index contributed by atoms with van der Waals surface area (Å²) in [6.07, 6.45) is -0.112. The molecule has 1 aromatic rings. The van der Waals surface area contributed by atoms with Gasteiger partial charge >= 0.3 is 0 Å². The lowest BCUT2D eigenvalue weighted by atomic mass is 10.1. The number of carbonyl (C=O) groups excluding carboxylic acids is 1. The second kappa shape index (κ2) is 9.33. The van der Waals surface area contributed by atoms with Gasteiger partial charge in [0.15, 0.2) is 0 Å². The summed E-state index contributed by atoms with van der Waals surface area (Å²) >= 11 is 0. The lowest BCUT2D eigenvalue weighted by Crippen LogP contribution is -2.37. The summed E-state index contributed by atoms with van der Waals surface area (Å²) in [6.45, 7) is 0.827. The van der Waals surface area contributed by atoms with Crippen LogP contribution in [-0.4, -0.2) is 55.9 Å². The first kappa shape index (κ1) is 17.4. The third-order valence-corrected chi connectivity index (χ3v) is 3.27. The Balaban J connectivity index is 2.79. The normalized spacial score (nSPS) is 12.0. The van der Waals surface area contributed by atoms with Crippen LogP contribution in [0.1, 0.15) is 12.0 Å². The molecule has 1 unspecified atom stereocenters. The maximum Gasteiger partial charge on any atom is 0.225 e. The fourth-order valence-corrected chi connectivity index (χ4v) is 2.04. The van der Waals surface area contributed by atoms with Gasteiger partial charge in [-0.25, -0.2) is 0 Å². The lowest BCUT2D eigenvalue weighted by Gasteiger charge is -2.24. The van der Waals surface area contributed by atoms with Crippen molar-refractivity contribution in [1.82, 2.24) is 4.90 Å². The summed E-state index contributed by atoms with van der Waals surface area (Å²) in [6, 6.07) is 7.50. The van der Waals surface area contributed by atoms with Gasteiger partial charge in [-0.15, -0.1) is 0 Å². The van der Waals surface area contributed by atoms with Crippen molar-refractivity contribution in [2.45, 2.75) is 19.1 Å². The number of aliphatic hydroxyl groups excluding tert-OH is 1. The minimum absolute atomic E-state index is 0.0961. The Kier molecular flexibility index (Phi) is 7.74. The number of nitrogens with two attached hydrogens (primary N) is 1. The van der Waals surface area contributed by atoms with Gasteiger partial charge in [0.2, 0.25) is 5.91 Å². The van der Waals surface area contributed by atoms with Crippen molar-refractivity contribution in [3.63, 3.8) is 0 Å². The largest absolute Gasteiger partial charge is 0.496 e. The van der Waals surface area contributed by atoms with Crippen LogP contribution in [0.2, 0.25) is 0 Å². The molecule has 0 radical (unpaired) electrons. The van der Waals surface area contributed by atoms with E-state index in [4.69, 9.17) is 20.3 Å². The molecule has 1 aromatic carbocycles. The van der Waals surface area contributed by atoms with Crippen molar-refractivity contribution in [2.75, 3.05) is 33.9 Å². The van der Waals surface area contributed by atoms with Crippen LogP contribution in [-0.2, 0) is 16.1 Å². The Morgan fingerprint density at radius 2 is 2.10 bits per heavy atom. The highest BCUT2D eigenvalue weighted by Gasteiger charge is 2.19. The number of amides is 1. The zero-order valence-corrected chi connectivity index (χ0v) is 12.6. The minimum atomic E-state index is -0.309. The van der Waals surface area contributed by atoms with Crippen LogP contribution in [0.3, 0.4) is 0 Å². The van der Waals surface area contributed by atoms with E-state index < -0.39 is 0 Å². The summed E-state index contributed by atoms with van der Waals surface area (Å²) in [5.41, 5.74) is 6.43. The van der Waals surface area contributed by atoms with E-state index in [1.807, 2.05) is 24.3 Å². The molecule has 1 amide bonds. The van der Waals surface area contributed by atoms with Crippen LogP contribution >= 0.6 is 0 Å². The molecule has 1 atom stereocenters. The highest BCUT2D eigenvalue weighted by molar-refractivity contribution is 5.76. The monoisotopic (exact) mass is 296 g/mol. The summed E-state index contributed by atoms with van der Waals surface area (Å²) in [7, 11) is 3.12. The molecule has 0 bridgehead atoms. The molecule has 0 aliphatic carbocycles. The van der Waals surface area contributed by atoms with Gasteiger partial charge in [-0.05, 0) is 6.07 Å². The van der Waals surface area contributed by atoms with Crippen LogP contribution in [0.5, 0.6) is 5.75 Å². The Morgan fingerprint density at radius 3 is 2.67 bits per heavy atom. The molecule has 21 heavy (non-hydrogen) atoms. The molecule has 1 rings (SSSR count). The maximum absolute atomic E-state index is 12.3. The topological polar surface area (TPSA) is 85.0 Å². The second-order valence-corrected chi connectivity index (χ2v) is 4.65. The Bertz CT molecular complexity index is 435. The Morgan fingerprint density at radius 1 is 1.38 bits per heavy atom. The first-order valence-corrected chi connectivity index (χ1v) is 6.89. The number of rotatable bonds is 9. The number of nitrogens with zero attached hydrogens (tertiary/aromatic N) is 1. The molecular weight excluding hydrogens is 272 g/mol. The van der Waals surface area contributed by atoms with Crippen molar-refractivity contribution in [2.24, 2.45) is 5.73 Å². The number of methoxy groups -OCH3 is 2. The van der Waals surface area contributed by atoms with Gasteiger partial charge < -0.3 is 25.2 Å². The Hall–Kier alpha value is -1.63. The molecule has 6 nitrogen and oxygen atoms in total. The maximum atomic E-state index is 12.3. The molecule has 0 spiro atoms. The predicted molar refractivity (Wildman–Crippen MR) is 80.0 cm³/mol. The molecule has 118 valence electrons. The van der Waals surface area contributed by atoms with Gasteiger partial charge in [0.1, 0.15) is 5.75 Å². The summed E-state index contributed by atoms with van der Waals surface area (Å²) in [4.78, 5) is 13.9. The van der Waals surface area contributed by atoms with E-state index >= 15 is 0 Å². The van der Waals surface area contributed by atoms with Crippen molar-refractivity contribution in [1.29, 1.82) is 0 Å². The van der Waals surface area contributed by atoms with Crippen LogP contribution in [0.25, 0.3) is 0 Å². The summed E-state index contributed by atoms with van der Waals surface area (Å²) in [5, 5.41) is 9.16. The van der Waals surface area contributed by atoms with Gasteiger partial charge in [-0.1, -0.05) is 18.2 Å². The predicted octanol–water partition coefficient (Wildman–Crippen LogP) is 0.380. The highest BCUT2D eigenvalue weighted by Crippen LogP contribution is 2.19. The van der Waals surface area contributed by atoms with Gasteiger partial charge in [0.25, 0.3) is 0 Å². The van der Waals surface area contributed by atoms with Crippen molar-refractivity contribution in [3.8, 4) is 5.75 Å². The second-order valence-electron chi connectivity index (χ2n) is 4.65. The Labute approximate surface area is 125 Å². The molecule has 0 saturated carbocycles. The van der Waals surface area contributed by atoms with Gasteiger partial charge in [-0.3, -0.25) is 4.79 Å². The van der Waals surface area contributed by atoms with Crippen molar-refractivity contribution >= 4 is 5.91 Å². The molecule has 0 aromatic heterocycles. The molecule has 0 aliphatic heterocycles. The summed E-state index contributed by atoms with van der Waals surface area (Å²) in [5.74, 6) is 0.614. The fraction of sp³-hybridized carbons (Fsp3) is 0.533. The van der Waals surface area contributed by atoms with Gasteiger partial charge in [0.05, 0.1) is 26.2 Å². The van der Waals surface area contributed by atoms with Gasteiger partial charge in [0, 0.05) is 32.3 Å². The number of ether oxygens (including phenoxy) is 2. The molecule has 0 heterocycles. The van der Waals surface area contributed by atoms with Crippen molar-refractivity contribution in [3.05, 3.63) is 29.8 Å². The average molecular weight is 296 g/mol. The minimum Gasteiger partial charge on any atom is -0.496 e. The van der Waals surface area contributed by atoms with E-state index in [0.717, 1.165) is 11.3 Å². The number of hydrogen-bond donors (Lipinski definition) is 2. The number of para-hydroxylation sites is 1. The zero-order chi connectivity index (χ0) is 15.7. The van der Waals surface area contributed by atoms with E-state index in [1.54, 1.807) is 12.0 Å². The number of benzene rings is 1. The molecule has 0 aliphatic rings. The number of hydrogen-bond acceptors (Lipinski definition) is 5. The van der Waals surface area contributed by atoms with E-state index in [1.165, 1.54) is 7.11 Å². The fourth-order valence-electron chi connectivity index (χ4n) is 2.04. The first-order valence-electron chi connectivity index (χ1n) is 6.89. The third kappa shape index (κ3) is 5.34. The quantitative estimate of drug-likeness (QED) is 0.688. The van der Waals surface area contributed by atoms with Crippen LogP contribution in [0, 0.1) is 0 Å². The number of carbonyl (C=O) groups is 1. The lowest BCUT2D eigenvalue weighted by molar-refractivity contribution is -0.134. The first-order chi connectivity index (χ1) is 10.2. The third-order valence-electron chi connectivity index (χ3n) is 3.27. The summed E-state index contributed by atoms with van der Waals surface area (Å²) < 4.78 is 10.4. The molecule has 3 N–H and O–H groups in total. The molecular formula is C15H24N2O4. The van der Waals surface area contributed by atoms with Crippen LogP contribution in [0.4, 0.5) is 0 Å². The van der Waals surface area contributed by atoms with Crippen LogP contribution < -0.4 is 10.5 Å². The molecule has 0 fully saturated rings. The smallest absolute Gasteiger partial charge is 0.225 e. The SMILES string of the molecule is COc1ccccc1CN(CCO)C(=O)CC(CN)OC. The van der Waals surface area contributed by atoms with Crippen molar-refractivity contribution < 1.29 is 19.4 Å². The number of aliphatic hydroxyl groups is 1. The standard InChI is InChI=1S/C15H24N2O4/c1-20-13(10-16)9-15(19)17(7-8-18)11-12-5-3-4-6-14(12)21-2/h3-6,13,18H,7-11,16H2,1-2H3. The van der Waals surface area contributed by atoms with Crippen LogP contribution in [0.15, 0.2) is 24.3 Å². The molecule has 0 saturated heterocycles. The van der Waals surface area contributed by atoms with E-state index in [9.17, 15) is 4.79 Å². The van der Waals surface area contributed by atoms with E-state index in [-0.39, 0.29) is 38.1 Å². The van der Waals surface area contributed by atoms with E-state index in [0.29, 0.717) is 6.54 Å². The van der Waals surface area contributed by atoms with E-state index in [2.05, 4.69) is 0 Å².